The van der Waals surface area contributed by atoms with Crippen LogP contribution in [0.2, 0.25) is 0 Å². The molecule has 5 nitrogen and oxygen atoms in total. The van der Waals surface area contributed by atoms with Gasteiger partial charge in [0.25, 0.3) is 15.9 Å². The smallest absolute Gasteiger partial charge is 0.265 e. The first kappa shape index (κ1) is 23.5. The van der Waals surface area contributed by atoms with Crippen LogP contribution in [0.25, 0.3) is 10.1 Å². The zero-order valence-electron chi connectivity index (χ0n) is 18.2. The number of aryl methyl sites for hydroxylation is 1. The number of benzene rings is 3. The maximum atomic E-state index is 13.4. The van der Waals surface area contributed by atoms with Crippen molar-refractivity contribution in [1.29, 1.82) is 0 Å². The summed E-state index contributed by atoms with van der Waals surface area (Å²) < 4.78 is 30.0. The van der Waals surface area contributed by atoms with Gasteiger partial charge in [-0.1, -0.05) is 40.5 Å². The van der Waals surface area contributed by atoms with Crippen LogP contribution in [0, 0.1) is 6.92 Å². The van der Waals surface area contributed by atoms with Gasteiger partial charge >= 0.3 is 0 Å². The third kappa shape index (κ3) is 5.13. The fourth-order valence-corrected chi connectivity index (χ4v) is 6.20. The van der Waals surface area contributed by atoms with Gasteiger partial charge in [-0.2, -0.15) is 0 Å². The number of carbonyl (C=O) groups is 1. The van der Waals surface area contributed by atoms with Crippen LogP contribution in [0.3, 0.4) is 0 Å². The molecular weight excluding hydrogens is 520 g/mol. The van der Waals surface area contributed by atoms with Crippen LogP contribution < -0.4 is 9.62 Å². The first-order valence-electron chi connectivity index (χ1n) is 10.5. The zero-order chi connectivity index (χ0) is 23.6. The van der Waals surface area contributed by atoms with E-state index >= 15 is 0 Å². The summed E-state index contributed by atoms with van der Waals surface area (Å²) in [6.07, 6.45) is 0.674. The van der Waals surface area contributed by atoms with Gasteiger partial charge in [-0.3, -0.25) is 9.10 Å². The lowest BCUT2D eigenvalue weighted by molar-refractivity contribution is 0.103. The minimum absolute atomic E-state index is 0.197. The molecule has 1 N–H and O–H groups in total. The summed E-state index contributed by atoms with van der Waals surface area (Å²) in [6, 6.07) is 21.6. The second kappa shape index (κ2) is 9.67. The first-order valence-corrected chi connectivity index (χ1v) is 13.5. The minimum atomic E-state index is -3.70. The molecule has 1 heterocycles. The average Bonchev–Trinajstić information content (AvgIpc) is 3.23. The number of halogens is 1. The second-order valence-electron chi connectivity index (χ2n) is 7.68. The van der Waals surface area contributed by atoms with Crippen molar-refractivity contribution in [3.05, 3.63) is 87.7 Å². The van der Waals surface area contributed by atoms with Crippen molar-refractivity contribution in [3.8, 4) is 0 Å². The highest BCUT2D eigenvalue weighted by Gasteiger charge is 2.25. The van der Waals surface area contributed by atoms with Crippen LogP contribution in [-0.2, 0) is 10.0 Å². The number of hydrogen-bond donors (Lipinski definition) is 1. The molecule has 0 aliphatic heterocycles. The number of nitrogens with one attached hydrogen (secondary N) is 1. The monoisotopic (exact) mass is 542 g/mol. The average molecular weight is 544 g/mol. The molecule has 33 heavy (non-hydrogen) atoms. The largest absolute Gasteiger partial charge is 0.321 e. The number of thiophene rings is 1. The first-order chi connectivity index (χ1) is 15.8. The molecule has 0 unspecified atom stereocenters. The predicted octanol–water partition coefficient (Wildman–Crippen LogP) is 6.83. The van der Waals surface area contributed by atoms with Gasteiger partial charge < -0.3 is 5.32 Å². The van der Waals surface area contributed by atoms with E-state index in [1.54, 1.807) is 36.4 Å². The highest BCUT2D eigenvalue weighted by Crippen LogP contribution is 2.32. The number of nitrogens with zero attached hydrogens (tertiary/aromatic N) is 1. The molecule has 0 atom stereocenters. The van der Waals surface area contributed by atoms with Crippen LogP contribution in [0.5, 0.6) is 0 Å². The topological polar surface area (TPSA) is 66.5 Å². The normalized spacial score (nSPS) is 11.5. The van der Waals surface area contributed by atoms with E-state index < -0.39 is 10.0 Å². The van der Waals surface area contributed by atoms with E-state index in [0.717, 1.165) is 20.1 Å². The Balaban J connectivity index is 1.65. The molecule has 0 aliphatic rings. The number of sulfonamides is 1. The maximum absolute atomic E-state index is 13.4. The van der Waals surface area contributed by atoms with Crippen molar-refractivity contribution in [2.45, 2.75) is 25.2 Å². The molecule has 0 fully saturated rings. The molecule has 0 aliphatic carbocycles. The van der Waals surface area contributed by atoms with E-state index in [1.807, 2.05) is 50.2 Å². The number of rotatable bonds is 7. The van der Waals surface area contributed by atoms with Crippen molar-refractivity contribution in [1.82, 2.24) is 0 Å². The van der Waals surface area contributed by atoms with E-state index in [1.165, 1.54) is 15.6 Å². The highest BCUT2D eigenvalue weighted by atomic mass is 79.9. The van der Waals surface area contributed by atoms with E-state index in [0.29, 0.717) is 29.2 Å². The summed E-state index contributed by atoms with van der Waals surface area (Å²) in [4.78, 5) is 13.6. The molecule has 4 aromatic rings. The van der Waals surface area contributed by atoms with Crippen molar-refractivity contribution in [2.75, 3.05) is 16.2 Å². The number of carbonyl (C=O) groups excluding carboxylic acids is 1. The Bertz CT molecular complexity index is 1400. The van der Waals surface area contributed by atoms with Gasteiger partial charge in [0, 0.05) is 21.4 Å². The fraction of sp³-hybridized carbons (Fsp3) is 0.160. The minimum Gasteiger partial charge on any atom is -0.321 e. The lowest BCUT2D eigenvalue weighted by Gasteiger charge is -2.24. The summed E-state index contributed by atoms with van der Waals surface area (Å²) in [7, 11) is -3.70. The summed E-state index contributed by atoms with van der Waals surface area (Å²) >= 11 is 4.76. The molecule has 1 amide bonds. The Morgan fingerprint density at radius 3 is 2.36 bits per heavy atom. The van der Waals surface area contributed by atoms with Crippen molar-refractivity contribution in [3.63, 3.8) is 0 Å². The number of fused-ring (bicyclic) bond motifs is 1. The van der Waals surface area contributed by atoms with Gasteiger partial charge in [-0.25, -0.2) is 8.42 Å². The Hall–Kier alpha value is -2.68. The Morgan fingerprint density at radius 1 is 1.00 bits per heavy atom. The van der Waals surface area contributed by atoms with Gasteiger partial charge in [0.15, 0.2) is 0 Å². The number of hydrogen-bond acceptors (Lipinski definition) is 4. The van der Waals surface area contributed by atoms with E-state index in [4.69, 9.17) is 0 Å². The van der Waals surface area contributed by atoms with Crippen LogP contribution in [0.15, 0.2) is 82.2 Å². The molecule has 1 aromatic heterocycles. The molecule has 0 bridgehead atoms. The van der Waals surface area contributed by atoms with Crippen LogP contribution >= 0.6 is 27.3 Å². The fourth-order valence-electron chi connectivity index (χ4n) is 3.45. The third-order valence-electron chi connectivity index (χ3n) is 5.15. The van der Waals surface area contributed by atoms with E-state index in [-0.39, 0.29) is 10.8 Å². The Labute approximate surface area is 206 Å². The maximum Gasteiger partial charge on any atom is 0.265 e. The molecular formula is C25H23BrN2O3S2. The Kier molecular flexibility index (Phi) is 6.88. The van der Waals surface area contributed by atoms with Gasteiger partial charge in [-0.15, -0.1) is 11.3 Å². The number of amides is 1. The van der Waals surface area contributed by atoms with Gasteiger partial charge in [-0.05, 0) is 79.4 Å². The van der Waals surface area contributed by atoms with Crippen molar-refractivity contribution >= 4 is 64.7 Å². The zero-order valence-corrected chi connectivity index (χ0v) is 21.4. The van der Waals surface area contributed by atoms with E-state index in [9.17, 15) is 13.2 Å². The molecule has 8 heteroatoms. The highest BCUT2D eigenvalue weighted by molar-refractivity contribution is 9.10. The summed E-state index contributed by atoms with van der Waals surface area (Å²) in [5, 5.41) is 3.73. The van der Waals surface area contributed by atoms with Crippen LogP contribution in [0.4, 0.5) is 11.4 Å². The van der Waals surface area contributed by atoms with Crippen molar-refractivity contribution in [2.24, 2.45) is 0 Å². The third-order valence-corrected chi connectivity index (χ3v) is 8.63. The SMILES string of the molecule is CCCN(c1ccc2sc(C(=O)Nc3ccc(Br)cc3)cc2c1)S(=O)(=O)c1ccc(C)cc1. The lowest BCUT2D eigenvalue weighted by Crippen LogP contribution is -2.31. The summed E-state index contributed by atoms with van der Waals surface area (Å²) in [5.41, 5.74) is 2.30. The Morgan fingerprint density at radius 2 is 1.70 bits per heavy atom. The van der Waals surface area contributed by atoms with Gasteiger partial charge in [0.05, 0.1) is 15.5 Å². The van der Waals surface area contributed by atoms with Crippen molar-refractivity contribution < 1.29 is 13.2 Å². The summed E-state index contributed by atoms with van der Waals surface area (Å²) in [5.74, 6) is -0.197. The molecule has 170 valence electrons. The number of anilines is 2. The van der Waals surface area contributed by atoms with Gasteiger partial charge in [0.1, 0.15) is 0 Å². The molecule has 0 radical (unpaired) electrons. The molecule has 4 rings (SSSR count). The second-order valence-corrected chi connectivity index (χ2v) is 11.5. The summed E-state index contributed by atoms with van der Waals surface area (Å²) in [6.45, 7) is 4.24. The molecule has 3 aromatic carbocycles. The molecule has 0 saturated heterocycles. The van der Waals surface area contributed by atoms with Crippen LogP contribution in [-0.4, -0.2) is 20.9 Å². The quantitative estimate of drug-likeness (QED) is 0.278. The standard InChI is InChI=1S/C25H23BrN2O3S2/c1-3-14-28(33(30,31)22-11-4-17(2)5-12-22)21-10-13-23-18(15-21)16-24(32-23)25(29)27-20-8-6-19(26)7-9-20/h4-13,15-16H,3,14H2,1-2H3,(H,27,29). The van der Waals surface area contributed by atoms with E-state index in [2.05, 4.69) is 21.2 Å². The predicted molar refractivity (Wildman–Crippen MR) is 140 cm³/mol. The molecule has 0 saturated carbocycles. The lowest BCUT2D eigenvalue weighted by atomic mass is 10.2. The van der Waals surface area contributed by atoms with Crippen LogP contribution in [0.1, 0.15) is 28.6 Å². The van der Waals surface area contributed by atoms with Gasteiger partial charge in [0.2, 0.25) is 0 Å². The molecule has 0 spiro atoms.